The third-order valence-electron chi connectivity index (χ3n) is 0. The van der Waals surface area contributed by atoms with Gasteiger partial charge in [-0.2, -0.15) is 7.82 Å². The topological polar surface area (TPSA) is 205 Å². The van der Waals surface area contributed by atoms with Crippen molar-refractivity contribution in [2.75, 3.05) is 0 Å². The predicted molar refractivity (Wildman–Crippen MR) is 24.7 cm³/mol. The van der Waals surface area contributed by atoms with E-state index < -0.39 is 15.6 Å². The molecule has 0 aliphatic rings. The molecule has 0 spiro atoms. The fourth-order valence-corrected chi connectivity index (χ4v) is 0. The summed E-state index contributed by atoms with van der Waals surface area (Å²) in [5.74, 6) is 0. The Labute approximate surface area is 119 Å². The number of rotatable bonds is 0. The standard InChI is InChI=1S/3Li.H3N.2H3O4P/c;;;;2*1-5(2,3)4/h;;;1H3;2*(H3,1,2,3,4)/q3*+1;;;/p-3. The van der Waals surface area contributed by atoms with E-state index >= 15 is 0 Å². The van der Waals surface area contributed by atoms with Crippen molar-refractivity contribution >= 4 is 15.6 Å². The Bertz CT molecular complexity index is 144. The maximum Gasteiger partial charge on any atom is 1.00 e. The van der Waals surface area contributed by atoms with Crippen LogP contribution < -0.4 is 87.2 Å². The fourth-order valence-electron chi connectivity index (χ4n) is 0. The summed E-state index contributed by atoms with van der Waals surface area (Å²) in [5, 5.41) is 0. The van der Waals surface area contributed by atoms with Gasteiger partial charge in [-0.25, -0.2) is 0 Å². The first-order valence-corrected chi connectivity index (χ1v) is 4.43. The van der Waals surface area contributed by atoms with Crippen LogP contribution in [0.25, 0.3) is 0 Å². The molecule has 0 unspecified atom stereocenters. The van der Waals surface area contributed by atoms with E-state index in [0.29, 0.717) is 0 Å². The Kier molecular flexibility index (Phi) is 38.5. The van der Waals surface area contributed by atoms with Gasteiger partial charge in [-0.1, -0.05) is 0 Å². The van der Waals surface area contributed by atoms with Crippen LogP contribution in [0.4, 0.5) is 0 Å². The van der Waals surface area contributed by atoms with Crippen LogP contribution >= 0.6 is 15.6 Å². The zero-order valence-electron chi connectivity index (χ0n) is 9.91. The van der Waals surface area contributed by atoms with Crippen LogP contribution in [-0.4, -0.2) is 4.89 Å². The molecule has 0 aromatic carbocycles. The summed E-state index contributed by atoms with van der Waals surface area (Å²) in [6.45, 7) is 0. The van der Waals surface area contributed by atoms with Crippen molar-refractivity contribution in [1.82, 2.24) is 6.15 Å². The van der Waals surface area contributed by atoms with Gasteiger partial charge in [0, 0.05) is 0 Å². The van der Waals surface area contributed by atoms with E-state index in [-0.39, 0.29) is 65.6 Å². The average Bonchev–Trinajstić information content (AvgIpc) is 1.12. The van der Waals surface area contributed by atoms with E-state index in [0.717, 1.165) is 0 Å². The van der Waals surface area contributed by atoms with Gasteiger partial charge >= 0.3 is 59.4 Å². The van der Waals surface area contributed by atoms with Gasteiger partial charge in [-0.05, 0) is 0 Å². The van der Waals surface area contributed by atoms with Crippen molar-refractivity contribution in [3.05, 3.63) is 0 Å². The summed E-state index contributed by atoms with van der Waals surface area (Å²) in [6.07, 6.45) is 0. The molecule has 0 saturated heterocycles. The van der Waals surface area contributed by atoms with Crippen molar-refractivity contribution in [2.24, 2.45) is 0 Å². The van der Waals surface area contributed by atoms with Crippen LogP contribution in [0, 0.1) is 0 Å². The van der Waals surface area contributed by atoms with Crippen LogP contribution in [0.15, 0.2) is 0 Å². The minimum atomic E-state index is -5.39. The zero-order valence-corrected chi connectivity index (χ0v) is 9.70. The summed E-state index contributed by atoms with van der Waals surface area (Å²) in [6, 6.07) is 0. The minimum Gasteiger partial charge on any atom is -0.822 e. The van der Waals surface area contributed by atoms with E-state index in [1.165, 1.54) is 0 Å². The molecule has 0 aliphatic carbocycles. The van der Waals surface area contributed by atoms with Crippen LogP contribution in [0.1, 0.15) is 2.85 Å². The Morgan fingerprint density at radius 3 is 0.857 bits per heavy atom. The molecule has 0 aromatic heterocycles. The quantitative estimate of drug-likeness (QED) is 0.299. The summed E-state index contributed by atoms with van der Waals surface area (Å²) < 4.78 is 17.2. The molecule has 9 nitrogen and oxygen atoms in total. The number of hydrogen-bond acceptors (Lipinski definition) is 8. The van der Waals surface area contributed by atoms with Crippen LogP contribution in [0.3, 0.4) is 0 Å². The molecule has 14 heavy (non-hydrogen) atoms. The molecule has 0 rings (SSSR count). The van der Waals surface area contributed by atoms with Crippen LogP contribution in [0.2, 0.25) is 0 Å². The molecule has 0 amide bonds. The van der Waals surface area contributed by atoms with E-state index in [4.69, 9.17) is 38.5 Å². The van der Waals surface area contributed by atoms with Crippen LogP contribution in [-0.2, 0) is 9.13 Å². The van der Waals surface area contributed by atoms with E-state index in [1.807, 2.05) is 0 Å². The Morgan fingerprint density at radius 1 is 0.857 bits per heavy atom. The molecule has 4 N–H and O–H groups in total. The monoisotopic (exact) mass is 231 g/mol. The van der Waals surface area contributed by atoms with Gasteiger partial charge in [0.25, 0.3) is 0 Å². The third-order valence-corrected chi connectivity index (χ3v) is 0. The fraction of sp³-hybridized carbons (Fsp3) is 0. The van der Waals surface area contributed by atoms with Gasteiger partial charge in [0.1, 0.15) is 0 Å². The Hall–Kier alpha value is 1.97. The van der Waals surface area contributed by atoms with Crippen molar-refractivity contribution in [2.45, 2.75) is 0 Å². The molecule has 0 saturated carbocycles. The maximum atomic E-state index is 8.66. The van der Waals surface area contributed by atoms with E-state index in [9.17, 15) is 0 Å². The zero-order chi connectivity index (χ0) is 9.00. The average molecular weight is 231 g/mol. The Balaban J connectivity index is -0.00000000970. The first kappa shape index (κ1) is 36.0. The smallest absolute Gasteiger partial charge is 0.822 e. The summed E-state index contributed by atoms with van der Waals surface area (Å²) >= 11 is 0. The van der Waals surface area contributed by atoms with Crippen molar-refractivity contribution in [3.8, 4) is 0 Å². The third kappa shape index (κ3) is 604. The molecular weight excluding hydrogens is 225 g/mol. The number of phosphoric acid groups is 2. The molecule has 0 heterocycles. The van der Waals surface area contributed by atoms with Crippen molar-refractivity contribution < 1.29 is 97.9 Å². The molecule has 0 atom stereocenters. The molecule has 14 heteroatoms. The SMILES string of the molecule is N.O=P([O-])([O-])O.O=P([O-])([O-])[O-].[H+].[H+].[Li+].[Li+].[Li+]. The maximum absolute atomic E-state index is 8.66. The second-order valence-electron chi connectivity index (χ2n) is 0.916. The van der Waals surface area contributed by atoms with Gasteiger partial charge in [0.15, 0.2) is 0 Å². The molecule has 0 aliphatic heterocycles. The minimum absolute atomic E-state index is 0. The molecule has 0 aromatic rings. The van der Waals surface area contributed by atoms with Gasteiger partial charge < -0.3 is 44.6 Å². The largest absolute Gasteiger partial charge is 1.00 e. The normalized spacial score (nSPS) is 8.43. The van der Waals surface area contributed by atoms with E-state index in [2.05, 4.69) is 0 Å². The molecule has 0 fully saturated rings. The first-order chi connectivity index (χ1) is 4.00. The first-order valence-electron chi connectivity index (χ1n) is 1.48. The number of hydrogen-bond donors (Lipinski definition) is 2. The van der Waals surface area contributed by atoms with Gasteiger partial charge in [-0.3, -0.25) is 0 Å². The molecule has 72 valence electrons. The molecule has 0 radical (unpaired) electrons. The molecular formula is H6Li3NO8P2. The molecule has 0 bridgehead atoms. The summed E-state index contributed by atoms with van der Waals surface area (Å²) in [7, 11) is -10.5. The van der Waals surface area contributed by atoms with Crippen LogP contribution in [0.5, 0.6) is 0 Å². The summed E-state index contributed by atoms with van der Waals surface area (Å²) in [5.41, 5.74) is 0. The van der Waals surface area contributed by atoms with Crippen molar-refractivity contribution in [3.63, 3.8) is 0 Å². The van der Waals surface area contributed by atoms with Gasteiger partial charge in [-0.15, -0.1) is 0 Å². The van der Waals surface area contributed by atoms with Gasteiger partial charge in [0.05, 0.1) is 7.82 Å². The van der Waals surface area contributed by atoms with E-state index in [1.54, 1.807) is 0 Å². The predicted octanol–water partition coefficient (Wildman–Crippen LogP) is -13.6. The summed E-state index contributed by atoms with van der Waals surface area (Å²) in [4.78, 5) is 49.9. The second kappa shape index (κ2) is 15.0. The van der Waals surface area contributed by atoms with Gasteiger partial charge in [0.2, 0.25) is 0 Å². The van der Waals surface area contributed by atoms with Crippen molar-refractivity contribution in [1.29, 1.82) is 0 Å². The second-order valence-corrected chi connectivity index (χ2v) is 2.75. The Morgan fingerprint density at radius 2 is 0.857 bits per heavy atom.